The van der Waals surface area contributed by atoms with E-state index in [9.17, 15) is 9.59 Å². The van der Waals surface area contributed by atoms with Gasteiger partial charge in [0.2, 0.25) is 5.95 Å². The highest BCUT2D eigenvalue weighted by atomic mass is 32.2. The number of nitrogens with one attached hydrogen (secondary N) is 1. The van der Waals surface area contributed by atoms with Crippen LogP contribution in [0.15, 0.2) is 20.8 Å². The third kappa shape index (κ3) is 4.00. The summed E-state index contributed by atoms with van der Waals surface area (Å²) in [4.78, 5) is 43.1. The highest BCUT2D eigenvalue weighted by Crippen LogP contribution is 2.26. The first kappa shape index (κ1) is 20.6. The first-order valence-electron chi connectivity index (χ1n) is 10.2. The first-order valence-corrected chi connectivity index (χ1v) is 11.2. The average Bonchev–Trinajstić information content (AvgIpc) is 3.06. The molecular weight excluding hydrogens is 402 g/mol. The number of aryl methyl sites for hydroxylation is 4. The largest absolute Gasteiger partial charge is 0.342 e. The van der Waals surface area contributed by atoms with E-state index in [0.717, 1.165) is 48.4 Å². The molecule has 0 spiro atoms. The summed E-state index contributed by atoms with van der Waals surface area (Å²) in [6, 6.07) is 1.95. The van der Waals surface area contributed by atoms with E-state index in [-0.39, 0.29) is 0 Å². The second-order valence-electron chi connectivity index (χ2n) is 8.01. The number of imidazole rings is 1. The second-order valence-corrected chi connectivity index (χ2v) is 9.07. The maximum atomic E-state index is 12.7. The Balaban J connectivity index is 1.69. The fourth-order valence-electron chi connectivity index (χ4n) is 3.87. The van der Waals surface area contributed by atoms with E-state index in [4.69, 9.17) is 4.98 Å². The van der Waals surface area contributed by atoms with Gasteiger partial charge in [0.1, 0.15) is 0 Å². The van der Waals surface area contributed by atoms with Gasteiger partial charge in [-0.1, -0.05) is 18.7 Å². The predicted octanol–water partition coefficient (Wildman–Crippen LogP) is 1.86. The van der Waals surface area contributed by atoms with Crippen molar-refractivity contribution in [3.63, 3.8) is 0 Å². The number of fused-ring (bicyclic) bond motifs is 1. The predicted molar refractivity (Wildman–Crippen MR) is 118 cm³/mol. The number of piperidine rings is 1. The first-order chi connectivity index (χ1) is 14.3. The molecule has 0 saturated carbocycles. The average molecular weight is 430 g/mol. The molecule has 0 atom stereocenters. The number of rotatable bonds is 5. The molecule has 3 aromatic heterocycles. The van der Waals surface area contributed by atoms with Crippen molar-refractivity contribution in [2.24, 2.45) is 13.0 Å². The van der Waals surface area contributed by atoms with Gasteiger partial charge < -0.3 is 9.47 Å². The van der Waals surface area contributed by atoms with E-state index in [0.29, 0.717) is 29.4 Å². The molecule has 4 heterocycles. The molecule has 0 unspecified atom stereocenters. The van der Waals surface area contributed by atoms with E-state index in [1.807, 2.05) is 24.5 Å². The molecule has 0 amide bonds. The fourth-order valence-corrected chi connectivity index (χ4v) is 4.74. The maximum Gasteiger partial charge on any atom is 0.329 e. The van der Waals surface area contributed by atoms with Crippen molar-refractivity contribution in [2.45, 2.75) is 45.3 Å². The Kier molecular flexibility index (Phi) is 5.68. The molecule has 0 bridgehead atoms. The SMILES string of the molecule is Cc1cc(C)nc(SCCn2c(N3CCC(C)CC3)nc3c2c(=O)[nH]c(=O)n3C)n1. The molecule has 1 aliphatic rings. The standard InChI is InChI=1S/C20H27N7O2S/c1-12-5-7-26(8-6-12)19-23-16-15(17(28)24-20(29)25(16)4)27(19)9-10-30-18-21-13(2)11-14(3)22-18/h11-12H,5-10H2,1-4H3,(H,24,28,29). The van der Waals surface area contributed by atoms with Crippen LogP contribution in [-0.2, 0) is 13.6 Å². The van der Waals surface area contributed by atoms with E-state index in [1.165, 1.54) is 4.57 Å². The van der Waals surface area contributed by atoms with Crippen molar-refractivity contribution in [3.05, 3.63) is 38.3 Å². The summed E-state index contributed by atoms with van der Waals surface area (Å²) in [5.74, 6) is 2.13. The van der Waals surface area contributed by atoms with Crippen molar-refractivity contribution >= 4 is 28.9 Å². The second kappa shape index (κ2) is 8.25. The lowest BCUT2D eigenvalue weighted by Crippen LogP contribution is -2.35. The van der Waals surface area contributed by atoms with E-state index in [2.05, 4.69) is 26.8 Å². The molecule has 1 N–H and O–H groups in total. The minimum absolute atomic E-state index is 0.398. The van der Waals surface area contributed by atoms with Crippen LogP contribution in [0.5, 0.6) is 0 Å². The lowest BCUT2D eigenvalue weighted by atomic mass is 10.00. The minimum Gasteiger partial charge on any atom is -0.342 e. The molecule has 10 heteroatoms. The molecule has 1 aliphatic heterocycles. The van der Waals surface area contributed by atoms with Crippen LogP contribution in [-0.4, -0.2) is 47.9 Å². The summed E-state index contributed by atoms with van der Waals surface area (Å²) < 4.78 is 3.35. The maximum absolute atomic E-state index is 12.7. The van der Waals surface area contributed by atoms with Crippen molar-refractivity contribution in [3.8, 4) is 0 Å². The molecule has 3 aromatic rings. The summed E-state index contributed by atoms with van der Waals surface area (Å²) in [5, 5.41) is 0.728. The smallest absolute Gasteiger partial charge is 0.329 e. The number of aromatic amines is 1. The third-order valence-electron chi connectivity index (χ3n) is 5.56. The fraction of sp³-hybridized carbons (Fsp3) is 0.550. The van der Waals surface area contributed by atoms with E-state index < -0.39 is 11.2 Å². The van der Waals surface area contributed by atoms with Crippen LogP contribution in [0, 0.1) is 19.8 Å². The van der Waals surface area contributed by atoms with Gasteiger partial charge in [-0.05, 0) is 38.7 Å². The van der Waals surface area contributed by atoms with Gasteiger partial charge in [-0.2, -0.15) is 4.98 Å². The van der Waals surface area contributed by atoms with Crippen molar-refractivity contribution in [2.75, 3.05) is 23.7 Å². The molecule has 30 heavy (non-hydrogen) atoms. The molecule has 0 aliphatic carbocycles. The van der Waals surface area contributed by atoms with Crippen LogP contribution in [0.4, 0.5) is 5.95 Å². The Hall–Kier alpha value is -2.62. The van der Waals surface area contributed by atoms with Crippen LogP contribution < -0.4 is 16.1 Å². The van der Waals surface area contributed by atoms with Gasteiger partial charge in [0.15, 0.2) is 16.3 Å². The Morgan fingerprint density at radius 3 is 2.47 bits per heavy atom. The van der Waals surface area contributed by atoms with Crippen LogP contribution >= 0.6 is 11.8 Å². The van der Waals surface area contributed by atoms with Gasteiger partial charge in [-0.25, -0.2) is 14.8 Å². The van der Waals surface area contributed by atoms with Gasteiger partial charge in [-0.3, -0.25) is 14.3 Å². The highest BCUT2D eigenvalue weighted by molar-refractivity contribution is 7.99. The van der Waals surface area contributed by atoms with Crippen LogP contribution in [0.1, 0.15) is 31.2 Å². The van der Waals surface area contributed by atoms with Crippen LogP contribution in [0.3, 0.4) is 0 Å². The number of hydrogen-bond donors (Lipinski definition) is 1. The number of H-pyrrole nitrogens is 1. The quantitative estimate of drug-likeness (QED) is 0.488. The van der Waals surface area contributed by atoms with Crippen LogP contribution in [0.25, 0.3) is 11.2 Å². The Bertz CT molecular complexity index is 1170. The Morgan fingerprint density at radius 1 is 1.13 bits per heavy atom. The lowest BCUT2D eigenvalue weighted by molar-refractivity contribution is 0.432. The van der Waals surface area contributed by atoms with Gasteiger partial charge >= 0.3 is 5.69 Å². The molecule has 0 radical (unpaired) electrons. The summed E-state index contributed by atoms with van der Waals surface area (Å²) in [6.45, 7) is 8.53. The van der Waals surface area contributed by atoms with E-state index in [1.54, 1.807) is 18.8 Å². The molecule has 1 fully saturated rings. The zero-order valence-electron chi connectivity index (χ0n) is 17.8. The summed E-state index contributed by atoms with van der Waals surface area (Å²) in [5.41, 5.74) is 1.89. The number of thioether (sulfide) groups is 1. The summed E-state index contributed by atoms with van der Waals surface area (Å²) >= 11 is 1.55. The van der Waals surface area contributed by atoms with E-state index >= 15 is 0 Å². The van der Waals surface area contributed by atoms with Crippen LogP contribution in [0.2, 0.25) is 0 Å². The van der Waals surface area contributed by atoms with Gasteiger partial charge in [0.05, 0.1) is 0 Å². The monoisotopic (exact) mass is 429 g/mol. The molecule has 0 aromatic carbocycles. The minimum atomic E-state index is -0.450. The summed E-state index contributed by atoms with van der Waals surface area (Å²) in [6.07, 6.45) is 2.17. The van der Waals surface area contributed by atoms with Gasteiger partial charge in [-0.15, -0.1) is 0 Å². The molecule has 160 valence electrons. The highest BCUT2D eigenvalue weighted by Gasteiger charge is 2.24. The lowest BCUT2D eigenvalue weighted by Gasteiger charge is -2.31. The molecule has 4 rings (SSSR count). The van der Waals surface area contributed by atoms with Gasteiger partial charge in [0.25, 0.3) is 5.56 Å². The topological polar surface area (TPSA) is 102 Å². The van der Waals surface area contributed by atoms with Crippen molar-refractivity contribution < 1.29 is 0 Å². The third-order valence-corrected chi connectivity index (χ3v) is 6.39. The zero-order valence-corrected chi connectivity index (χ0v) is 18.6. The number of anilines is 1. The van der Waals surface area contributed by atoms with Crippen molar-refractivity contribution in [1.82, 2.24) is 29.1 Å². The Morgan fingerprint density at radius 2 is 1.80 bits per heavy atom. The molecule has 1 saturated heterocycles. The summed E-state index contributed by atoms with van der Waals surface area (Å²) in [7, 11) is 1.64. The normalized spacial score (nSPS) is 15.3. The number of aromatic nitrogens is 6. The molecule has 9 nitrogen and oxygen atoms in total. The van der Waals surface area contributed by atoms with Crippen molar-refractivity contribution in [1.29, 1.82) is 0 Å². The van der Waals surface area contributed by atoms with Gasteiger partial charge in [0, 0.05) is 43.8 Å². The molecular formula is C20H27N7O2S. The zero-order chi connectivity index (χ0) is 21.4. The number of nitrogens with zero attached hydrogens (tertiary/aromatic N) is 6. The Labute approximate surface area is 178 Å². The number of hydrogen-bond acceptors (Lipinski definition) is 7.